The summed E-state index contributed by atoms with van der Waals surface area (Å²) in [5, 5.41) is 1.09. The number of aromatic nitrogens is 2. The summed E-state index contributed by atoms with van der Waals surface area (Å²) < 4.78 is 11.5. The molecule has 0 amide bonds. The summed E-state index contributed by atoms with van der Waals surface area (Å²) in [6.45, 7) is 7.88. The van der Waals surface area contributed by atoms with E-state index in [9.17, 15) is 0 Å². The van der Waals surface area contributed by atoms with Crippen molar-refractivity contribution in [1.29, 1.82) is 0 Å². The minimum atomic E-state index is 0.0595. The van der Waals surface area contributed by atoms with E-state index in [0.717, 1.165) is 10.9 Å². The summed E-state index contributed by atoms with van der Waals surface area (Å²) in [6, 6.07) is 3.71. The first-order valence-corrected chi connectivity index (χ1v) is 6.63. The van der Waals surface area contributed by atoms with Gasteiger partial charge >= 0.3 is 0 Å². The zero-order chi connectivity index (χ0) is 14.0. The van der Waals surface area contributed by atoms with E-state index in [4.69, 9.17) is 21.1 Å². The van der Waals surface area contributed by atoms with E-state index in [1.165, 1.54) is 0 Å². The van der Waals surface area contributed by atoms with Crippen molar-refractivity contribution in [1.82, 2.24) is 9.97 Å². The molecular weight excluding hydrogens is 264 g/mol. The summed E-state index contributed by atoms with van der Waals surface area (Å²) in [4.78, 5) is 8.16. The third-order valence-corrected chi connectivity index (χ3v) is 2.52. The van der Waals surface area contributed by atoms with Crippen LogP contribution in [-0.2, 0) is 0 Å². The first-order valence-electron chi connectivity index (χ1n) is 6.25. The maximum absolute atomic E-state index is 5.81. The Bertz CT molecular complexity index is 585. The topological polar surface area (TPSA) is 44.2 Å². The second kappa shape index (κ2) is 5.61. The van der Waals surface area contributed by atoms with Crippen LogP contribution in [0.25, 0.3) is 10.9 Å². The van der Waals surface area contributed by atoms with Gasteiger partial charge in [0.15, 0.2) is 11.5 Å². The second-order valence-electron chi connectivity index (χ2n) is 4.83. The lowest BCUT2D eigenvalue weighted by Crippen LogP contribution is -2.11. The van der Waals surface area contributed by atoms with Gasteiger partial charge in [0.05, 0.1) is 17.7 Å². The number of rotatable bonds is 4. The Morgan fingerprint density at radius 2 is 1.58 bits per heavy atom. The highest BCUT2D eigenvalue weighted by Crippen LogP contribution is 2.33. The van der Waals surface area contributed by atoms with Gasteiger partial charge < -0.3 is 9.47 Å². The zero-order valence-corrected chi connectivity index (χ0v) is 12.2. The molecule has 0 saturated heterocycles. The van der Waals surface area contributed by atoms with Gasteiger partial charge in [0.25, 0.3) is 0 Å². The number of hydrogen-bond donors (Lipinski definition) is 0. The highest BCUT2D eigenvalue weighted by atomic mass is 35.5. The molecule has 0 atom stereocenters. The van der Waals surface area contributed by atoms with Crippen molar-refractivity contribution >= 4 is 22.5 Å². The van der Waals surface area contributed by atoms with E-state index in [0.29, 0.717) is 11.5 Å². The fourth-order valence-electron chi connectivity index (χ4n) is 1.71. The van der Waals surface area contributed by atoms with Gasteiger partial charge in [0.1, 0.15) is 0 Å². The largest absolute Gasteiger partial charge is 0.487 e. The van der Waals surface area contributed by atoms with Gasteiger partial charge in [0, 0.05) is 17.6 Å². The fourth-order valence-corrected chi connectivity index (χ4v) is 1.85. The first-order chi connectivity index (χ1) is 8.95. The molecule has 2 aromatic rings. The van der Waals surface area contributed by atoms with Crippen LogP contribution in [-0.4, -0.2) is 22.2 Å². The molecule has 0 spiro atoms. The molecule has 0 N–H and O–H groups in total. The molecule has 1 aromatic carbocycles. The number of hydrogen-bond acceptors (Lipinski definition) is 4. The molecule has 1 heterocycles. The lowest BCUT2D eigenvalue weighted by atomic mass is 10.2. The van der Waals surface area contributed by atoms with E-state index >= 15 is 0 Å². The van der Waals surface area contributed by atoms with E-state index < -0.39 is 0 Å². The highest BCUT2D eigenvalue weighted by Gasteiger charge is 2.12. The van der Waals surface area contributed by atoms with Gasteiger partial charge in [-0.15, -0.1) is 0 Å². The molecule has 0 aliphatic heterocycles. The zero-order valence-electron chi connectivity index (χ0n) is 11.5. The molecule has 0 radical (unpaired) electrons. The molecule has 0 unspecified atom stereocenters. The molecule has 0 fully saturated rings. The maximum Gasteiger partial charge on any atom is 0.222 e. The highest BCUT2D eigenvalue weighted by molar-refractivity contribution is 6.28. The molecule has 0 aliphatic rings. The van der Waals surface area contributed by atoms with Gasteiger partial charge in [-0.2, -0.15) is 0 Å². The number of ether oxygens (including phenoxy) is 2. The monoisotopic (exact) mass is 280 g/mol. The van der Waals surface area contributed by atoms with Crippen molar-refractivity contribution in [2.45, 2.75) is 39.9 Å². The summed E-state index contributed by atoms with van der Waals surface area (Å²) in [5.41, 5.74) is 0.742. The lowest BCUT2D eigenvalue weighted by Gasteiger charge is -2.17. The van der Waals surface area contributed by atoms with Gasteiger partial charge in [-0.1, -0.05) is 0 Å². The number of fused-ring (bicyclic) bond motifs is 1. The molecular formula is C14H17ClN2O2. The van der Waals surface area contributed by atoms with Crippen molar-refractivity contribution in [3.05, 3.63) is 23.6 Å². The van der Waals surface area contributed by atoms with Crippen LogP contribution in [0.1, 0.15) is 27.7 Å². The molecule has 19 heavy (non-hydrogen) atoms. The van der Waals surface area contributed by atoms with Gasteiger partial charge in [-0.25, -0.2) is 9.97 Å². The van der Waals surface area contributed by atoms with Crippen molar-refractivity contribution in [3.63, 3.8) is 0 Å². The predicted molar refractivity (Wildman–Crippen MR) is 76.1 cm³/mol. The molecule has 1 aromatic heterocycles. The first kappa shape index (κ1) is 13.9. The van der Waals surface area contributed by atoms with Crippen LogP contribution in [0.15, 0.2) is 18.3 Å². The standard InChI is InChI=1S/C14H17ClN2O2/c1-8(2)18-12-5-10-7-16-14(15)17-11(10)6-13(12)19-9(3)4/h5-9H,1-4H3. The van der Waals surface area contributed by atoms with Crippen molar-refractivity contribution in [2.24, 2.45) is 0 Å². The Morgan fingerprint density at radius 1 is 1.00 bits per heavy atom. The third kappa shape index (κ3) is 3.47. The van der Waals surface area contributed by atoms with Crippen LogP contribution >= 0.6 is 11.6 Å². The Kier molecular flexibility index (Phi) is 4.10. The summed E-state index contributed by atoms with van der Waals surface area (Å²) >= 11 is 5.81. The van der Waals surface area contributed by atoms with Crippen LogP contribution in [0.4, 0.5) is 0 Å². The van der Waals surface area contributed by atoms with E-state index in [1.807, 2.05) is 39.8 Å². The van der Waals surface area contributed by atoms with Gasteiger partial charge in [-0.05, 0) is 45.4 Å². The van der Waals surface area contributed by atoms with Crippen molar-refractivity contribution < 1.29 is 9.47 Å². The van der Waals surface area contributed by atoms with Crippen LogP contribution in [0.3, 0.4) is 0 Å². The lowest BCUT2D eigenvalue weighted by molar-refractivity contribution is 0.199. The number of benzene rings is 1. The normalized spacial score (nSPS) is 11.3. The molecule has 102 valence electrons. The van der Waals surface area contributed by atoms with Crippen LogP contribution < -0.4 is 9.47 Å². The van der Waals surface area contributed by atoms with Crippen molar-refractivity contribution in [3.8, 4) is 11.5 Å². The van der Waals surface area contributed by atoms with E-state index in [-0.39, 0.29) is 17.5 Å². The van der Waals surface area contributed by atoms with E-state index in [2.05, 4.69) is 9.97 Å². The minimum Gasteiger partial charge on any atom is -0.487 e. The van der Waals surface area contributed by atoms with Gasteiger partial charge in [0.2, 0.25) is 5.28 Å². The Balaban J connectivity index is 2.52. The maximum atomic E-state index is 5.81. The number of halogens is 1. The SMILES string of the molecule is CC(C)Oc1cc2cnc(Cl)nc2cc1OC(C)C. The van der Waals surface area contributed by atoms with Crippen LogP contribution in [0.2, 0.25) is 5.28 Å². The summed E-state index contributed by atoms with van der Waals surface area (Å²) in [7, 11) is 0. The number of nitrogens with zero attached hydrogens (tertiary/aromatic N) is 2. The van der Waals surface area contributed by atoms with Crippen LogP contribution in [0, 0.1) is 0 Å². The molecule has 0 saturated carbocycles. The molecule has 0 bridgehead atoms. The molecule has 0 aliphatic carbocycles. The van der Waals surface area contributed by atoms with Crippen molar-refractivity contribution in [2.75, 3.05) is 0 Å². The average molecular weight is 281 g/mol. The second-order valence-corrected chi connectivity index (χ2v) is 5.17. The fraction of sp³-hybridized carbons (Fsp3) is 0.429. The summed E-state index contributed by atoms with van der Waals surface area (Å²) in [6.07, 6.45) is 1.81. The minimum absolute atomic E-state index is 0.0595. The predicted octanol–water partition coefficient (Wildman–Crippen LogP) is 3.86. The molecule has 2 rings (SSSR count). The Morgan fingerprint density at radius 3 is 2.16 bits per heavy atom. The smallest absolute Gasteiger partial charge is 0.222 e. The summed E-state index contributed by atoms with van der Waals surface area (Å²) in [5.74, 6) is 1.37. The third-order valence-electron chi connectivity index (χ3n) is 2.34. The quantitative estimate of drug-likeness (QED) is 0.798. The van der Waals surface area contributed by atoms with Gasteiger partial charge in [-0.3, -0.25) is 0 Å². The molecule has 4 nitrogen and oxygen atoms in total. The Labute approximate surface area is 117 Å². The Hall–Kier alpha value is -1.55. The van der Waals surface area contributed by atoms with E-state index in [1.54, 1.807) is 6.20 Å². The molecule has 5 heteroatoms. The van der Waals surface area contributed by atoms with Crippen LogP contribution in [0.5, 0.6) is 11.5 Å². The average Bonchev–Trinajstić information content (AvgIpc) is 2.28.